The van der Waals surface area contributed by atoms with Crippen molar-refractivity contribution in [3.8, 4) is 0 Å². The van der Waals surface area contributed by atoms with Gasteiger partial charge in [0.1, 0.15) is 17.2 Å². The van der Waals surface area contributed by atoms with E-state index in [0.29, 0.717) is 5.69 Å². The predicted octanol–water partition coefficient (Wildman–Crippen LogP) is 4.15. The van der Waals surface area contributed by atoms with Crippen LogP contribution in [0.25, 0.3) is 10.9 Å². The summed E-state index contributed by atoms with van der Waals surface area (Å²) < 4.78 is 28.3. The van der Waals surface area contributed by atoms with Gasteiger partial charge in [0.05, 0.1) is 11.1 Å². The maximum Gasteiger partial charge on any atom is 0.149 e. The van der Waals surface area contributed by atoms with Crippen molar-refractivity contribution >= 4 is 22.3 Å². The number of benzene rings is 2. The molecule has 1 saturated heterocycles. The minimum atomic E-state index is -0.489. The number of rotatable bonds is 2. The summed E-state index contributed by atoms with van der Waals surface area (Å²) in [6, 6.07) is 12.5. The molecule has 2 aromatic carbocycles. The van der Waals surface area contributed by atoms with E-state index in [1.165, 1.54) is 17.3 Å². The van der Waals surface area contributed by atoms with E-state index in [-0.39, 0.29) is 10.9 Å². The van der Waals surface area contributed by atoms with Crippen molar-refractivity contribution in [2.75, 3.05) is 36.0 Å². The average molecular weight is 339 g/mol. The Morgan fingerprint density at radius 3 is 2.36 bits per heavy atom. The summed E-state index contributed by atoms with van der Waals surface area (Å²) in [5.41, 5.74) is 3.25. The first kappa shape index (κ1) is 15.8. The Bertz CT molecular complexity index is 918. The van der Waals surface area contributed by atoms with Gasteiger partial charge in [-0.3, -0.25) is 4.98 Å². The monoisotopic (exact) mass is 339 g/mol. The van der Waals surface area contributed by atoms with Crippen LogP contribution < -0.4 is 9.80 Å². The molecule has 2 heterocycles. The number of pyridine rings is 1. The smallest absolute Gasteiger partial charge is 0.149 e. The molecule has 0 spiro atoms. The van der Waals surface area contributed by atoms with Gasteiger partial charge in [-0.15, -0.1) is 0 Å². The largest absolute Gasteiger partial charge is 0.368 e. The Hall–Kier alpha value is -2.69. The van der Waals surface area contributed by atoms with E-state index in [1.54, 1.807) is 12.3 Å². The van der Waals surface area contributed by atoms with E-state index in [1.807, 2.05) is 0 Å². The normalized spacial score (nSPS) is 15.0. The van der Waals surface area contributed by atoms with Gasteiger partial charge in [-0.2, -0.15) is 0 Å². The van der Waals surface area contributed by atoms with Crippen LogP contribution in [0.3, 0.4) is 0 Å². The lowest BCUT2D eigenvalue weighted by molar-refractivity contribution is 0.613. The lowest BCUT2D eigenvalue weighted by Crippen LogP contribution is -2.46. The fourth-order valence-electron chi connectivity index (χ4n) is 3.47. The van der Waals surface area contributed by atoms with Crippen molar-refractivity contribution in [1.29, 1.82) is 0 Å². The van der Waals surface area contributed by atoms with Crippen LogP contribution in [0.1, 0.15) is 5.56 Å². The molecule has 0 saturated carbocycles. The van der Waals surface area contributed by atoms with E-state index < -0.39 is 11.6 Å². The molecule has 0 amide bonds. The van der Waals surface area contributed by atoms with Crippen LogP contribution >= 0.6 is 0 Å². The Balaban J connectivity index is 1.61. The fraction of sp³-hybridized carbons (Fsp3) is 0.250. The minimum absolute atomic E-state index is 0.0959. The highest BCUT2D eigenvalue weighted by Crippen LogP contribution is 2.30. The standard InChI is InChI=1S/C20H19F2N3/c1-14-3-2-4-15(13-14)24-9-11-25(12-10-24)18-7-8-23-20-17(22)6-5-16(21)19(18)20/h2-8,13H,9-12H2,1H3. The molecular formula is C20H19F2N3. The van der Waals surface area contributed by atoms with Crippen molar-refractivity contribution < 1.29 is 8.78 Å². The van der Waals surface area contributed by atoms with Gasteiger partial charge < -0.3 is 9.80 Å². The third-order valence-electron chi connectivity index (χ3n) is 4.76. The van der Waals surface area contributed by atoms with Crippen molar-refractivity contribution in [2.24, 2.45) is 0 Å². The van der Waals surface area contributed by atoms with Crippen LogP contribution in [0, 0.1) is 18.6 Å². The minimum Gasteiger partial charge on any atom is -0.368 e. The topological polar surface area (TPSA) is 19.4 Å². The highest BCUT2D eigenvalue weighted by Gasteiger charge is 2.21. The Morgan fingerprint density at radius 2 is 1.60 bits per heavy atom. The van der Waals surface area contributed by atoms with Crippen molar-refractivity contribution in [3.05, 3.63) is 65.9 Å². The number of hydrogen-bond acceptors (Lipinski definition) is 3. The lowest BCUT2D eigenvalue weighted by atomic mass is 10.1. The van der Waals surface area contributed by atoms with E-state index in [0.717, 1.165) is 32.2 Å². The van der Waals surface area contributed by atoms with Crippen LogP contribution in [0.2, 0.25) is 0 Å². The summed E-state index contributed by atoms with van der Waals surface area (Å²) in [6.45, 7) is 5.26. The second-order valence-corrected chi connectivity index (χ2v) is 6.40. The van der Waals surface area contributed by atoms with Crippen LogP contribution in [0.4, 0.5) is 20.2 Å². The molecule has 0 atom stereocenters. The predicted molar refractivity (Wildman–Crippen MR) is 97.3 cm³/mol. The molecule has 1 aliphatic rings. The lowest BCUT2D eigenvalue weighted by Gasteiger charge is -2.37. The number of halogens is 2. The van der Waals surface area contributed by atoms with Gasteiger partial charge in [-0.25, -0.2) is 8.78 Å². The Kier molecular flexibility index (Phi) is 3.99. The number of anilines is 2. The van der Waals surface area contributed by atoms with Crippen LogP contribution in [0.5, 0.6) is 0 Å². The van der Waals surface area contributed by atoms with E-state index in [9.17, 15) is 8.78 Å². The second-order valence-electron chi connectivity index (χ2n) is 6.40. The average Bonchev–Trinajstić information content (AvgIpc) is 2.64. The number of hydrogen-bond donors (Lipinski definition) is 0. The summed E-state index contributed by atoms with van der Waals surface area (Å²) in [4.78, 5) is 8.45. The maximum absolute atomic E-state index is 14.3. The quantitative estimate of drug-likeness (QED) is 0.699. The SMILES string of the molecule is Cc1cccc(N2CCN(c3ccnc4c(F)ccc(F)c34)CC2)c1. The molecule has 3 aromatic rings. The Morgan fingerprint density at radius 1 is 0.880 bits per heavy atom. The first-order valence-electron chi connectivity index (χ1n) is 8.43. The zero-order valence-electron chi connectivity index (χ0n) is 14.0. The first-order chi connectivity index (χ1) is 12.1. The van der Waals surface area contributed by atoms with Gasteiger partial charge in [-0.05, 0) is 42.8 Å². The fourth-order valence-corrected chi connectivity index (χ4v) is 3.47. The summed E-state index contributed by atoms with van der Waals surface area (Å²) in [5.74, 6) is -0.919. The molecule has 5 heteroatoms. The van der Waals surface area contributed by atoms with Crippen LogP contribution in [0.15, 0.2) is 48.7 Å². The third-order valence-corrected chi connectivity index (χ3v) is 4.76. The van der Waals surface area contributed by atoms with Crippen molar-refractivity contribution in [2.45, 2.75) is 6.92 Å². The van der Waals surface area contributed by atoms with E-state index >= 15 is 0 Å². The maximum atomic E-state index is 14.3. The summed E-state index contributed by atoms with van der Waals surface area (Å²) >= 11 is 0. The molecule has 0 unspecified atom stereocenters. The molecule has 1 aromatic heterocycles. The van der Waals surface area contributed by atoms with Crippen molar-refractivity contribution in [1.82, 2.24) is 4.98 Å². The number of nitrogens with zero attached hydrogens (tertiary/aromatic N) is 3. The number of aromatic nitrogens is 1. The second kappa shape index (κ2) is 6.31. The van der Waals surface area contributed by atoms with E-state index in [4.69, 9.17) is 0 Å². The molecule has 3 nitrogen and oxygen atoms in total. The number of fused-ring (bicyclic) bond motifs is 1. The summed E-state index contributed by atoms with van der Waals surface area (Å²) in [5, 5.41) is 0.270. The van der Waals surface area contributed by atoms with Gasteiger partial charge in [0.25, 0.3) is 0 Å². The number of aryl methyl sites for hydroxylation is 1. The summed E-state index contributed by atoms with van der Waals surface area (Å²) in [7, 11) is 0. The molecule has 0 aliphatic carbocycles. The summed E-state index contributed by atoms with van der Waals surface area (Å²) in [6.07, 6.45) is 1.55. The third kappa shape index (κ3) is 2.90. The molecule has 128 valence electrons. The molecule has 4 rings (SSSR count). The molecule has 0 N–H and O–H groups in total. The molecular weight excluding hydrogens is 320 g/mol. The number of piperazine rings is 1. The van der Waals surface area contributed by atoms with Gasteiger partial charge in [0.2, 0.25) is 0 Å². The van der Waals surface area contributed by atoms with Gasteiger partial charge in [-0.1, -0.05) is 12.1 Å². The Labute approximate surface area is 145 Å². The highest BCUT2D eigenvalue weighted by molar-refractivity contribution is 5.92. The van der Waals surface area contributed by atoms with Gasteiger partial charge in [0, 0.05) is 38.1 Å². The molecule has 1 aliphatic heterocycles. The van der Waals surface area contributed by atoms with Gasteiger partial charge >= 0.3 is 0 Å². The van der Waals surface area contributed by atoms with Crippen LogP contribution in [-0.4, -0.2) is 31.2 Å². The van der Waals surface area contributed by atoms with Gasteiger partial charge in [0.15, 0.2) is 0 Å². The van der Waals surface area contributed by atoms with Crippen molar-refractivity contribution in [3.63, 3.8) is 0 Å². The zero-order valence-corrected chi connectivity index (χ0v) is 14.0. The molecule has 1 fully saturated rings. The first-order valence-corrected chi connectivity index (χ1v) is 8.43. The van der Waals surface area contributed by atoms with E-state index in [2.05, 4.69) is 46.0 Å². The zero-order chi connectivity index (χ0) is 17.4. The molecule has 0 radical (unpaired) electrons. The highest BCUT2D eigenvalue weighted by atomic mass is 19.1. The molecule has 25 heavy (non-hydrogen) atoms. The van der Waals surface area contributed by atoms with Crippen LogP contribution in [-0.2, 0) is 0 Å². The molecule has 0 bridgehead atoms.